The Kier molecular flexibility index (Phi) is 5.23. The fourth-order valence-corrected chi connectivity index (χ4v) is 2.67. The van der Waals surface area contributed by atoms with Crippen LogP contribution >= 0.6 is 0 Å². The fraction of sp³-hybridized carbons (Fsp3) is 0.625. The van der Waals surface area contributed by atoms with Crippen LogP contribution in [-0.2, 0) is 0 Å². The van der Waals surface area contributed by atoms with Crippen LogP contribution in [0.3, 0.4) is 0 Å². The van der Waals surface area contributed by atoms with Crippen LogP contribution in [0.4, 0.5) is 0 Å². The van der Waals surface area contributed by atoms with E-state index in [0.717, 1.165) is 18.8 Å². The summed E-state index contributed by atoms with van der Waals surface area (Å²) in [6.45, 7) is 7.93. The minimum atomic E-state index is 0.347. The number of ether oxygens (including phenoxy) is 1. The first-order chi connectivity index (χ1) is 9.22. The minimum absolute atomic E-state index is 0.347. The molecule has 1 heterocycles. The molecule has 0 amide bonds. The van der Waals surface area contributed by atoms with E-state index in [0.29, 0.717) is 19.2 Å². The lowest BCUT2D eigenvalue weighted by molar-refractivity contribution is 0.118. The highest BCUT2D eigenvalue weighted by atomic mass is 16.5. The number of rotatable bonds is 5. The molecule has 0 bridgehead atoms. The van der Waals surface area contributed by atoms with Crippen molar-refractivity contribution in [3.8, 4) is 5.75 Å². The molecule has 0 aromatic heterocycles. The molecule has 0 spiro atoms. The summed E-state index contributed by atoms with van der Waals surface area (Å²) in [4.78, 5) is 2.48. The van der Waals surface area contributed by atoms with Crippen molar-refractivity contribution in [2.45, 2.75) is 39.2 Å². The molecule has 1 aromatic carbocycles. The van der Waals surface area contributed by atoms with Crippen molar-refractivity contribution in [1.82, 2.24) is 4.90 Å². The zero-order valence-corrected chi connectivity index (χ0v) is 12.2. The highest BCUT2D eigenvalue weighted by Crippen LogP contribution is 2.21. The minimum Gasteiger partial charge on any atom is -0.492 e. The normalized spacial score (nSPS) is 18.3. The molecule has 19 heavy (non-hydrogen) atoms. The standard InChI is InChI=1S/C16H26N2O/c1-13-7-6-8-16(14(13)2)19-12-15(11-17)18-9-4-3-5-10-18/h6-8,15H,3-5,9-12,17H2,1-2H3. The molecular weight excluding hydrogens is 236 g/mol. The van der Waals surface area contributed by atoms with E-state index in [2.05, 4.69) is 30.9 Å². The first-order valence-corrected chi connectivity index (χ1v) is 7.35. The van der Waals surface area contributed by atoms with Crippen molar-refractivity contribution in [1.29, 1.82) is 0 Å². The van der Waals surface area contributed by atoms with Gasteiger partial charge in [0.05, 0.1) is 6.04 Å². The maximum Gasteiger partial charge on any atom is 0.122 e. The summed E-state index contributed by atoms with van der Waals surface area (Å²) < 4.78 is 6.00. The van der Waals surface area contributed by atoms with E-state index in [1.807, 2.05) is 6.07 Å². The zero-order valence-electron chi connectivity index (χ0n) is 12.2. The van der Waals surface area contributed by atoms with Gasteiger partial charge in [-0.05, 0) is 57.0 Å². The molecule has 1 aromatic rings. The predicted molar refractivity (Wildman–Crippen MR) is 79.7 cm³/mol. The molecule has 1 unspecified atom stereocenters. The van der Waals surface area contributed by atoms with Crippen molar-refractivity contribution in [2.24, 2.45) is 5.73 Å². The second-order valence-corrected chi connectivity index (χ2v) is 5.50. The van der Waals surface area contributed by atoms with Crippen molar-refractivity contribution in [3.63, 3.8) is 0 Å². The van der Waals surface area contributed by atoms with Gasteiger partial charge in [0.15, 0.2) is 0 Å². The van der Waals surface area contributed by atoms with Gasteiger partial charge in [0.1, 0.15) is 12.4 Å². The zero-order chi connectivity index (χ0) is 13.7. The lowest BCUT2D eigenvalue weighted by Gasteiger charge is -2.33. The monoisotopic (exact) mass is 262 g/mol. The maximum atomic E-state index is 6.00. The van der Waals surface area contributed by atoms with Crippen LogP contribution in [0.2, 0.25) is 0 Å². The maximum absolute atomic E-state index is 6.00. The first kappa shape index (κ1) is 14.4. The topological polar surface area (TPSA) is 38.5 Å². The van der Waals surface area contributed by atoms with Crippen molar-refractivity contribution in [3.05, 3.63) is 29.3 Å². The average Bonchev–Trinajstić information content (AvgIpc) is 2.45. The average molecular weight is 262 g/mol. The SMILES string of the molecule is Cc1cccc(OCC(CN)N2CCCCC2)c1C. The van der Waals surface area contributed by atoms with E-state index in [1.165, 1.54) is 30.4 Å². The van der Waals surface area contributed by atoms with Crippen LogP contribution in [0.25, 0.3) is 0 Å². The number of hydrogen-bond donors (Lipinski definition) is 1. The molecule has 3 nitrogen and oxygen atoms in total. The van der Waals surface area contributed by atoms with Crippen LogP contribution in [0, 0.1) is 13.8 Å². The third-order valence-electron chi connectivity index (χ3n) is 4.17. The smallest absolute Gasteiger partial charge is 0.122 e. The number of benzene rings is 1. The second kappa shape index (κ2) is 6.92. The van der Waals surface area contributed by atoms with Crippen LogP contribution in [0.5, 0.6) is 5.75 Å². The molecular formula is C16H26N2O. The number of likely N-dealkylation sites (tertiary alicyclic amines) is 1. The van der Waals surface area contributed by atoms with E-state index >= 15 is 0 Å². The Labute approximate surface area is 116 Å². The van der Waals surface area contributed by atoms with Crippen molar-refractivity contribution < 1.29 is 4.74 Å². The summed E-state index contributed by atoms with van der Waals surface area (Å²) in [7, 11) is 0. The molecule has 3 heteroatoms. The number of nitrogens with two attached hydrogens (primary N) is 1. The Bertz CT molecular complexity index is 400. The summed E-state index contributed by atoms with van der Waals surface area (Å²) in [5, 5.41) is 0. The fourth-order valence-electron chi connectivity index (χ4n) is 2.67. The Morgan fingerprint density at radius 1 is 1.21 bits per heavy atom. The highest BCUT2D eigenvalue weighted by Gasteiger charge is 2.20. The summed E-state index contributed by atoms with van der Waals surface area (Å²) >= 11 is 0. The Morgan fingerprint density at radius 2 is 1.95 bits per heavy atom. The van der Waals surface area contributed by atoms with Gasteiger partial charge in [-0.15, -0.1) is 0 Å². The van der Waals surface area contributed by atoms with Gasteiger partial charge in [0, 0.05) is 6.54 Å². The van der Waals surface area contributed by atoms with E-state index in [9.17, 15) is 0 Å². The van der Waals surface area contributed by atoms with E-state index in [1.54, 1.807) is 0 Å². The van der Waals surface area contributed by atoms with Gasteiger partial charge in [-0.2, -0.15) is 0 Å². The summed E-state index contributed by atoms with van der Waals surface area (Å²) in [5.74, 6) is 0.996. The Balaban J connectivity index is 1.93. The van der Waals surface area contributed by atoms with Gasteiger partial charge in [-0.3, -0.25) is 4.90 Å². The van der Waals surface area contributed by atoms with E-state index < -0.39 is 0 Å². The quantitative estimate of drug-likeness (QED) is 0.886. The van der Waals surface area contributed by atoms with E-state index in [-0.39, 0.29) is 0 Å². The number of nitrogens with zero attached hydrogens (tertiary/aromatic N) is 1. The Morgan fingerprint density at radius 3 is 2.63 bits per heavy atom. The van der Waals surface area contributed by atoms with Crippen molar-refractivity contribution in [2.75, 3.05) is 26.2 Å². The van der Waals surface area contributed by atoms with Gasteiger partial charge < -0.3 is 10.5 Å². The molecule has 0 aliphatic carbocycles. The first-order valence-electron chi connectivity index (χ1n) is 7.35. The van der Waals surface area contributed by atoms with Gasteiger partial charge in [0.25, 0.3) is 0 Å². The highest BCUT2D eigenvalue weighted by molar-refractivity contribution is 5.38. The lowest BCUT2D eigenvalue weighted by Crippen LogP contribution is -2.46. The van der Waals surface area contributed by atoms with Crippen LogP contribution in [0.15, 0.2) is 18.2 Å². The van der Waals surface area contributed by atoms with Gasteiger partial charge in [-0.1, -0.05) is 18.6 Å². The summed E-state index contributed by atoms with van der Waals surface area (Å²) in [5.41, 5.74) is 8.42. The molecule has 106 valence electrons. The second-order valence-electron chi connectivity index (χ2n) is 5.50. The number of hydrogen-bond acceptors (Lipinski definition) is 3. The van der Waals surface area contributed by atoms with Crippen LogP contribution in [-0.4, -0.2) is 37.2 Å². The number of aryl methyl sites for hydroxylation is 1. The molecule has 1 aliphatic rings. The molecule has 1 atom stereocenters. The van der Waals surface area contributed by atoms with Gasteiger partial charge >= 0.3 is 0 Å². The predicted octanol–water partition coefficient (Wildman–Crippen LogP) is 2.50. The van der Waals surface area contributed by atoms with Crippen LogP contribution < -0.4 is 10.5 Å². The summed E-state index contributed by atoms with van der Waals surface area (Å²) in [6.07, 6.45) is 3.94. The Hall–Kier alpha value is -1.06. The molecule has 1 saturated heterocycles. The van der Waals surface area contributed by atoms with Gasteiger partial charge in [0.2, 0.25) is 0 Å². The lowest BCUT2D eigenvalue weighted by atomic mass is 10.1. The number of piperidine rings is 1. The molecule has 0 radical (unpaired) electrons. The molecule has 1 fully saturated rings. The third kappa shape index (κ3) is 3.71. The van der Waals surface area contributed by atoms with Crippen molar-refractivity contribution >= 4 is 0 Å². The van der Waals surface area contributed by atoms with E-state index in [4.69, 9.17) is 10.5 Å². The molecule has 0 saturated carbocycles. The molecule has 2 rings (SSSR count). The largest absolute Gasteiger partial charge is 0.492 e. The summed E-state index contributed by atoms with van der Waals surface area (Å²) in [6, 6.07) is 6.57. The van der Waals surface area contributed by atoms with Gasteiger partial charge in [-0.25, -0.2) is 0 Å². The molecule has 1 aliphatic heterocycles. The third-order valence-corrected chi connectivity index (χ3v) is 4.17. The molecule has 2 N–H and O–H groups in total. The van der Waals surface area contributed by atoms with Crippen LogP contribution in [0.1, 0.15) is 30.4 Å².